The Morgan fingerprint density at radius 2 is 1.52 bits per heavy atom. The molecule has 0 atom stereocenters. The standard InChI is InChI=1S/C22H22ClNO/c23-21-10-4-9-20(14-21)17-25-22-11-5-8-19(15-22)16-24-13-12-18-6-2-1-3-7-18/h1-11,14-15,24H,12-13,16-17H2. The molecule has 0 radical (unpaired) electrons. The number of benzene rings is 3. The van der Waals surface area contributed by atoms with Gasteiger partial charge in [0, 0.05) is 11.6 Å². The first-order chi connectivity index (χ1) is 12.3. The summed E-state index contributed by atoms with van der Waals surface area (Å²) < 4.78 is 5.88. The predicted octanol–water partition coefficient (Wildman–Crippen LogP) is 5.25. The molecule has 0 saturated heterocycles. The van der Waals surface area contributed by atoms with Crippen molar-refractivity contribution in [2.24, 2.45) is 0 Å². The third-order valence-corrected chi connectivity index (χ3v) is 4.19. The lowest BCUT2D eigenvalue weighted by molar-refractivity contribution is 0.306. The minimum atomic E-state index is 0.519. The molecule has 1 N–H and O–H groups in total. The van der Waals surface area contributed by atoms with Gasteiger partial charge in [-0.05, 0) is 53.9 Å². The molecule has 0 fully saturated rings. The van der Waals surface area contributed by atoms with E-state index in [0.717, 1.165) is 35.8 Å². The average Bonchev–Trinajstić information content (AvgIpc) is 2.65. The SMILES string of the molecule is Clc1cccc(COc2cccc(CNCCc3ccccc3)c2)c1. The van der Waals surface area contributed by atoms with Crippen LogP contribution in [0.25, 0.3) is 0 Å². The van der Waals surface area contributed by atoms with Crippen LogP contribution < -0.4 is 10.1 Å². The largest absolute Gasteiger partial charge is 0.489 e. The molecule has 3 heteroatoms. The fraction of sp³-hybridized carbons (Fsp3) is 0.182. The topological polar surface area (TPSA) is 21.3 Å². The van der Waals surface area contributed by atoms with Crippen LogP contribution in [-0.2, 0) is 19.6 Å². The van der Waals surface area contributed by atoms with Gasteiger partial charge < -0.3 is 10.1 Å². The van der Waals surface area contributed by atoms with E-state index >= 15 is 0 Å². The van der Waals surface area contributed by atoms with Gasteiger partial charge >= 0.3 is 0 Å². The molecular formula is C22H22ClNO. The third-order valence-electron chi connectivity index (χ3n) is 3.96. The Morgan fingerprint density at radius 3 is 2.36 bits per heavy atom. The second kappa shape index (κ2) is 9.26. The first-order valence-electron chi connectivity index (χ1n) is 8.50. The van der Waals surface area contributed by atoms with Crippen LogP contribution in [0, 0.1) is 0 Å². The molecular weight excluding hydrogens is 330 g/mol. The molecule has 0 saturated carbocycles. The monoisotopic (exact) mass is 351 g/mol. The molecule has 0 spiro atoms. The highest BCUT2D eigenvalue weighted by molar-refractivity contribution is 6.30. The molecule has 2 nitrogen and oxygen atoms in total. The van der Waals surface area contributed by atoms with Gasteiger partial charge in [-0.25, -0.2) is 0 Å². The number of halogens is 1. The van der Waals surface area contributed by atoms with Gasteiger partial charge in [0.05, 0.1) is 0 Å². The smallest absolute Gasteiger partial charge is 0.120 e. The van der Waals surface area contributed by atoms with Crippen LogP contribution >= 0.6 is 11.6 Å². The van der Waals surface area contributed by atoms with E-state index in [4.69, 9.17) is 16.3 Å². The zero-order valence-corrected chi connectivity index (χ0v) is 14.9. The zero-order valence-electron chi connectivity index (χ0n) is 14.1. The van der Waals surface area contributed by atoms with Gasteiger partial charge in [-0.15, -0.1) is 0 Å². The van der Waals surface area contributed by atoms with Gasteiger partial charge in [-0.3, -0.25) is 0 Å². The summed E-state index contributed by atoms with van der Waals surface area (Å²) in [5.74, 6) is 0.877. The van der Waals surface area contributed by atoms with Gasteiger partial charge in [-0.1, -0.05) is 66.2 Å². The van der Waals surface area contributed by atoms with E-state index in [0.29, 0.717) is 6.61 Å². The van der Waals surface area contributed by atoms with Crippen molar-refractivity contribution in [3.63, 3.8) is 0 Å². The molecule has 0 aliphatic heterocycles. The van der Waals surface area contributed by atoms with E-state index < -0.39 is 0 Å². The summed E-state index contributed by atoms with van der Waals surface area (Å²) in [5, 5.41) is 4.22. The van der Waals surface area contributed by atoms with Crippen molar-refractivity contribution in [2.45, 2.75) is 19.6 Å². The molecule has 0 aliphatic carbocycles. The van der Waals surface area contributed by atoms with Crippen LogP contribution in [0.1, 0.15) is 16.7 Å². The maximum Gasteiger partial charge on any atom is 0.120 e. The summed E-state index contributed by atoms with van der Waals surface area (Å²) in [4.78, 5) is 0. The predicted molar refractivity (Wildman–Crippen MR) is 104 cm³/mol. The van der Waals surface area contributed by atoms with Gasteiger partial charge in [0.1, 0.15) is 12.4 Å². The molecule has 0 amide bonds. The second-order valence-corrected chi connectivity index (χ2v) is 6.41. The molecule has 0 unspecified atom stereocenters. The van der Waals surface area contributed by atoms with E-state index in [9.17, 15) is 0 Å². The minimum absolute atomic E-state index is 0.519. The van der Waals surface area contributed by atoms with Crippen molar-refractivity contribution in [3.05, 3.63) is 101 Å². The van der Waals surface area contributed by atoms with E-state index in [1.54, 1.807) is 0 Å². The number of hydrogen-bond acceptors (Lipinski definition) is 2. The Balaban J connectivity index is 1.46. The lowest BCUT2D eigenvalue weighted by atomic mass is 10.1. The summed E-state index contributed by atoms with van der Waals surface area (Å²) >= 11 is 6.00. The second-order valence-electron chi connectivity index (χ2n) is 5.98. The zero-order chi connectivity index (χ0) is 17.3. The normalized spacial score (nSPS) is 10.6. The van der Waals surface area contributed by atoms with Crippen molar-refractivity contribution in [3.8, 4) is 5.75 Å². The van der Waals surface area contributed by atoms with Crippen molar-refractivity contribution in [2.75, 3.05) is 6.54 Å². The van der Waals surface area contributed by atoms with Gasteiger partial charge in [0.15, 0.2) is 0 Å². The van der Waals surface area contributed by atoms with Crippen molar-refractivity contribution in [1.82, 2.24) is 5.32 Å². The fourth-order valence-electron chi connectivity index (χ4n) is 2.65. The summed E-state index contributed by atoms with van der Waals surface area (Å²) in [7, 11) is 0. The van der Waals surface area contributed by atoms with Crippen molar-refractivity contribution in [1.29, 1.82) is 0 Å². The van der Waals surface area contributed by atoms with Gasteiger partial charge in [0.25, 0.3) is 0 Å². The maximum absolute atomic E-state index is 6.00. The average molecular weight is 352 g/mol. The van der Waals surface area contributed by atoms with Gasteiger partial charge in [-0.2, -0.15) is 0 Å². The summed E-state index contributed by atoms with van der Waals surface area (Å²) in [6, 6.07) is 26.5. The number of ether oxygens (including phenoxy) is 1. The maximum atomic E-state index is 6.00. The van der Waals surface area contributed by atoms with Crippen LogP contribution in [0.4, 0.5) is 0 Å². The Morgan fingerprint density at radius 1 is 0.760 bits per heavy atom. The quantitative estimate of drug-likeness (QED) is 0.559. The number of rotatable bonds is 8. The molecule has 25 heavy (non-hydrogen) atoms. The Kier molecular flexibility index (Phi) is 6.49. The lowest BCUT2D eigenvalue weighted by Gasteiger charge is -2.09. The van der Waals surface area contributed by atoms with Crippen LogP contribution in [0.2, 0.25) is 5.02 Å². The third kappa shape index (κ3) is 5.93. The van der Waals surface area contributed by atoms with Gasteiger partial charge in [0.2, 0.25) is 0 Å². The van der Waals surface area contributed by atoms with Crippen molar-refractivity contribution >= 4 is 11.6 Å². The van der Waals surface area contributed by atoms with Crippen molar-refractivity contribution < 1.29 is 4.74 Å². The molecule has 3 aromatic rings. The van der Waals surface area contributed by atoms with Crippen LogP contribution in [0.5, 0.6) is 5.75 Å². The Labute approximate surface area is 154 Å². The Hall–Kier alpha value is -2.29. The molecule has 128 valence electrons. The van der Waals surface area contributed by atoms with Crippen LogP contribution in [-0.4, -0.2) is 6.54 Å². The molecule has 0 heterocycles. The highest BCUT2D eigenvalue weighted by Gasteiger charge is 2.00. The number of nitrogens with one attached hydrogen (secondary N) is 1. The first kappa shape index (κ1) is 17.5. The van der Waals surface area contributed by atoms with Crippen LogP contribution in [0.15, 0.2) is 78.9 Å². The molecule has 3 aromatic carbocycles. The lowest BCUT2D eigenvalue weighted by Crippen LogP contribution is -2.16. The molecule has 0 bridgehead atoms. The van der Waals surface area contributed by atoms with E-state index in [2.05, 4.69) is 41.7 Å². The summed E-state index contributed by atoms with van der Waals surface area (Å²) in [5.41, 5.74) is 3.64. The van der Waals surface area contributed by atoms with Crippen LogP contribution in [0.3, 0.4) is 0 Å². The summed E-state index contributed by atoms with van der Waals surface area (Å²) in [6.07, 6.45) is 1.03. The summed E-state index contributed by atoms with van der Waals surface area (Å²) in [6.45, 7) is 2.31. The highest BCUT2D eigenvalue weighted by Crippen LogP contribution is 2.17. The first-order valence-corrected chi connectivity index (χ1v) is 8.88. The minimum Gasteiger partial charge on any atom is -0.489 e. The highest BCUT2D eigenvalue weighted by atomic mass is 35.5. The molecule has 0 aromatic heterocycles. The van der Waals surface area contributed by atoms with E-state index in [1.165, 1.54) is 11.1 Å². The fourth-order valence-corrected chi connectivity index (χ4v) is 2.86. The van der Waals surface area contributed by atoms with E-state index in [-0.39, 0.29) is 0 Å². The Bertz CT molecular complexity index is 789. The molecule has 0 aliphatic rings. The number of hydrogen-bond donors (Lipinski definition) is 1. The molecule has 3 rings (SSSR count). The van der Waals surface area contributed by atoms with E-state index in [1.807, 2.05) is 42.5 Å².